The molecule has 0 radical (unpaired) electrons. The normalized spacial score (nSPS) is 17.4. The average Bonchev–Trinajstić information content (AvgIpc) is 3.33. The van der Waals surface area contributed by atoms with Gasteiger partial charge in [-0.3, -0.25) is 9.36 Å². The van der Waals surface area contributed by atoms with Gasteiger partial charge in [-0.25, -0.2) is 0 Å². The van der Waals surface area contributed by atoms with Crippen LogP contribution < -0.4 is 21.1 Å². The first-order chi connectivity index (χ1) is 15.1. The predicted molar refractivity (Wildman–Crippen MR) is 126 cm³/mol. The van der Waals surface area contributed by atoms with Gasteiger partial charge in [-0.15, -0.1) is 10.2 Å². The molecule has 8 nitrogen and oxygen atoms in total. The van der Waals surface area contributed by atoms with E-state index < -0.39 is 0 Å². The molecule has 1 aliphatic heterocycles. The number of nitrogens with one attached hydrogen (secondary N) is 2. The third-order valence-electron chi connectivity index (χ3n) is 6.28. The number of pyridine rings is 1. The molecule has 2 aromatic heterocycles. The van der Waals surface area contributed by atoms with Crippen LogP contribution in [0.4, 0.5) is 17.3 Å². The van der Waals surface area contributed by atoms with Gasteiger partial charge >= 0.3 is 0 Å². The van der Waals surface area contributed by atoms with E-state index in [2.05, 4.69) is 53.8 Å². The Morgan fingerprint density at radius 3 is 2.52 bits per heavy atom. The maximum Gasteiger partial charge on any atom is 0.267 e. The molecular weight excluding hydrogens is 458 g/mol. The Morgan fingerprint density at radius 2 is 1.81 bits per heavy atom. The Balaban J connectivity index is 1.47. The van der Waals surface area contributed by atoms with E-state index in [1.54, 1.807) is 0 Å². The maximum atomic E-state index is 13.0. The minimum absolute atomic E-state index is 0.0382. The Kier molecular flexibility index (Phi) is 5.62. The molecule has 0 atom stereocenters. The van der Waals surface area contributed by atoms with E-state index in [1.807, 2.05) is 23.6 Å². The van der Waals surface area contributed by atoms with E-state index in [0.717, 1.165) is 63.1 Å². The van der Waals surface area contributed by atoms with Crippen molar-refractivity contribution in [3.05, 3.63) is 44.7 Å². The van der Waals surface area contributed by atoms with Crippen LogP contribution in [-0.4, -0.2) is 45.9 Å². The van der Waals surface area contributed by atoms with E-state index in [9.17, 15) is 4.79 Å². The summed E-state index contributed by atoms with van der Waals surface area (Å²) >= 11 is 3.46. The number of hydrogen-bond acceptors (Lipinski definition) is 7. The predicted octanol–water partition coefficient (Wildman–Crippen LogP) is 3.53. The van der Waals surface area contributed by atoms with Gasteiger partial charge in [0.1, 0.15) is 5.52 Å². The highest BCUT2D eigenvalue weighted by Gasteiger charge is 2.24. The first kappa shape index (κ1) is 20.4. The second kappa shape index (κ2) is 8.55. The molecule has 2 N–H and O–H groups in total. The number of nitrogens with zero attached hydrogens (tertiary/aromatic N) is 5. The molecule has 0 bridgehead atoms. The molecule has 2 aliphatic rings. The highest BCUT2D eigenvalue weighted by Crippen LogP contribution is 2.32. The van der Waals surface area contributed by atoms with Gasteiger partial charge in [0.25, 0.3) is 5.56 Å². The van der Waals surface area contributed by atoms with Gasteiger partial charge in [-0.1, -0.05) is 12.8 Å². The number of aryl methyl sites for hydroxylation is 1. The average molecular weight is 484 g/mol. The highest BCUT2D eigenvalue weighted by atomic mass is 79.9. The topological polar surface area (TPSA) is 88.0 Å². The molecule has 162 valence electrons. The number of hydrogen-bond donors (Lipinski definition) is 2. The third kappa shape index (κ3) is 3.92. The molecule has 3 heterocycles. The molecule has 0 amide bonds. The van der Waals surface area contributed by atoms with Gasteiger partial charge in [-0.05, 0) is 60.0 Å². The standard InChI is InChI=1S/C22H26BrN7O/c1-14-18(23)21(31)30(17-4-2-3-5-17)20-19(14)27-28-22(26-20)25-15-6-8-16(9-7-15)29-12-10-24-11-13-29/h6-9,17,24H,2-5,10-13H2,1H3,(H,25,26,28). The summed E-state index contributed by atoms with van der Waals surface area (Å²) < 4.78 is 2.36. The fourth-order valence-electron chi connectivity index (χ4n) is 4.56. The zero-order chi connectivity index (χ0) is 21.4. The third-order valence-corrected chi connectivity index (χ3v) is 7.22. The smallest absolute Gasteiger partial charge is 0.267 e. The summed E-state index contributed by atoms with van der Waals surface area (Å²) in [5.41, 5.74) is 4.11. The first-order valence-corrected chi connectivity index (χ1v) is 11.7. The van der Waals surface area contributed by atoms with Gasteiger partial charge in [0.2, 0.25) is 5.95 Å². The first-order valence-electron chi connectivity index (χ1n) is 10.9. The second-order valence-electron chi connectivity index (χ2n) is 8.27. The lowest BCUT2D eigenvalue weighted by atomic mass is 10.2. The molecule has 1 aliphatic carbocycles. The van der Waals surface area contributed by atoms with Crippen LogP contribution >= 0.6 is 15.9 Å². The molecule has 2 fully saturated rings. The number of fused-ring (bicyclic) bond motifs is 1. The number of halogens is 1. The van der Waals surface area contributed by atoms with Crippen LogP contribution in [0.2, 0.25) is 0 Å². The quantitative estimate of drug-likeness (QED) is 0.586. The fourth-order valence-corrected chi connectivity index (χ4v) is 4.94. The molecule has 31 heavy (non-hydrogen) atoms. The largest absolute Gasteiger partial charge is 0.369 e. The van der Waals surface area contributed by atoms with Crippen molar-refractivity contribution in [2.75, 3.05) is 36.4 Å². The van der Waals surface area contributed by atoms with Gasteiger partial charge in [-0.2, -0.15) is 4.98 Å². The van der Waals surface area contributed by atoms with E-state index >= 15 is 0 Å². The number of aromatic nitrogens is 4. The van der Waals surface area contributed by atoms with Crippen molar-refractivity contribution in [2.24, 2.45) is 0 Å². The number of benzene rings is 1. The summed E-state index contributed by atoms with van der Waals surface area (Å²) in [7, 11) is 0. The summed E-state index contributed by atoms with van der Waals surface area (Å²) in [6.07, 6.45) is 4.25. The maximum absolute atomic E-state index is 13.0. The molecular formula is C22H26BrN7O. The molecule has 5 rings (SSSR count). The van der Waals surface area contributed by atoms with Crippen molar-refractivity contribution in [3.63, 3.8) is 0 Å². The van der Waals surface area contributed by atoms with Crippen LogP contribution in [0.5, 0.6) is 0 Å². The summed E-state index contributed by atoms with van der Waals surface area (Å²) in [6, 6.07) is 8.44. The molecule has 1 saturated heterocycles. The Bertz CT molecular complexity index is 1150. The van der Waals surface area contributed by atoms with E-state index in [0.29, 0.717) is 21.6 Å². The van der Waals surface area contributed by atoms with Gasteiger partial charge in [0, 0.05) is 49.2 Å². The van der Waals surface area contributed by atoms with Crippen LogP contribution in [0.1, 0.15) is 37.3 Å². The SMILES string of the molecule is Cc1c(Br)c(=O)n(C2CCCC2)c2nc(Nc3ccc(N4CCNCC4)cc3)nnc12. The molecule has 3 aromatic rings. The van der Waals surface area contributed by atoms with Crippen molar-refractivity contribution >= 4 is 44.4 Å². The Hall–Kier alpha value is -2.52. The summed E-state index contributed by atoms with van der Waals surface area (Å²) in [5.74, 6) is 0.398. The minimum atomic E-state index is -0.0382. The van der Waals surface area contributed by atoms with Crippen molar-refractivity contribution in [1.29, 1.82) is 0 Å². The van der Waals surface area contributed by atoms with E-state index in [4.69, 9.17) is 4.98 Å². The molecule has 1 saturated carbocycles. The van der Waals surface area contributed by atoms with Crippen LogP contribution in [0.25, 0.3) is 11.2 Å². The van der Waals surface area contributed by atoms with Gasteiger partial charge in [0.05, 0.1) is 4.47 Å². The van der Waals surface area contributed by atoms with Crippen molar-refractivity contribution < 1.29 is 0 Å². The van der Waals surface area contributed by atoms with Gasteiger partial charge in [0.15, 0.2) is 5.65 Å². The van der Waals surface area contributed by atoms with Crippen LogP contribution in [-0.2, 0) is 0 Å². The van der Waals surface area contributed by atoms with E-state index in [-0.39, 0.29) is 11.6 Å². The number of anilines is 3. The van der Waals surface area contributed by atoms with Crippen LogP contribution in [0.3, 0.4) is 0 Å². The van der Waals surface area contributed by atoms with Crippen LogP contribution in [0, 0.1) is 6.92 Å². The second-order valence-corrected chi connectivity index (χ2v) is 9.06. The summed E-state index contributed by atoms with van der Waals surface area (Å²) in [4.78, 5) is 20.1. The van der Waals surface area contributed by atoms with Crippen molar-refractivity contribution in [1.82, 2.24) is 25.1 Å². The summed E-state index contributed by atoms with van der Waals surface area (Å²) in [6.45, 7) is 5.92. The molecule has 0 spiro atoms. The number of piperazine rings is 1. The molecule has 9 heteroatoms. The zero-order valence-electron chi connectivity index (χ0n) is 17.6. The number of rotatable bonds is 4. The van der Waals surface area contributed by atoms with Crippen molar-refractivity contribution in [3.8, 4) is 0 Å². The van der Waals surface area contributed by atoms with E-state index in [1.165, 1.54) is 5.69 Å². The summed E-state index contributed by atoms with van der Waals surface area (Å²) in [5, 5.41) is 15.3. The van der Waals surface area contributed by atoms with Crippen LogP contribution in [0.15, 0.2) is 33.5 Å². The lowest BCUT2D eigenvalue weighted by Gasteiger charge is -2.29. The molecule has 1 aromatic carbocycles. The lowest BCUT2D eigenvalue weighted by Crippen LogP contribution is -2.43. The fraction of sp³-hybridized carbons (Fsp3) is 0.455. The Labute approximate surface area is 189 Å². The lowest BCUT2D eigenvalue weighted by molar-refractivity contribution is 0.513. The zero-order valence-corrected chi connectivity index (χ0v) is 19.2. The Morgan fingerprint density at radius 1 is 1.10 bits per heavy atom. The minimum Gasteiger partial charge on any atom is -0.369 e. The van der Waals surface area contributed by atoms with Crippen molar-refractivity contribution in [2.45, 2.75) is 38.6 Å². The van der Waals surface area contributed by atoms with Gasteiger partial charge < -0.3 is 15.5 Å². The monoisotopic (exact) mass is 483 g/mol. The molecule has 0 unspecified atom stereocenters. The highest BCUT2D eigenvalue weighted by molar-refractivity contribution is 9.10.